The number of fused-ring (bicyclic) bond motifs is 3. The lowest BCUT2D eigenvalue weighted by Crippen LogP contribution is -2.11. The van der Waals surface area contributed by atoms with Gasteiger partial charge in [-0.1, -0.05) is 24.3 Å². The van der Waals surface area contributed by atoms with Crippen LogP contribution in [0.1, 0.15) is 24.9 Å². The molecule has 21 heavy (non-hydrogen) atoms. The molecule has 0 bridgehead atoms. The average Bonchev–Trinajstić information content (AvgIpc) is 2.80. The summed E-state index contributed by atoms with van der Waals surface area (Å²) in [6, 6.07) is 14.8. The molecular weight excluding hydrogens is 284 g/mol. The molecule has 0 saturated heterocycles. The maximum atomic E-state index is 9.04. The number of rotatable bonds is 4. The van der Waals surface area contributed by atoms with Crippen LogP contribution in [-0.4, -0.2) is 16.3 Å². The minimum Gasteiger partial charge on any atom is -0.396 e. The van der Waals surface area contributed by atoms with Crippen LogP contribution in [0.3, 0.4) is 0 Å². The smallest absolute Gasteiger partial charge is 0.0491 e. The Hall–Kier alpha value is -1.55. The number of benzene rings is 2. The summed E-state index contributed by atoms with van der Waals surface area (Å²) in [6.45, 7) is 3.24. The molecule has 0 radical (unpaired) electrons. The van der Waals surface area contributed by atoms with E-state index in [9.17, 15) is 0 Å². The molecular formula is C17H21ClN2O. The van der Waals surface area contributed by atoms with Gasteiger partial charge in [0.1, 0.15) is 0 Å². The molecule has 3 aromatic rings. The molecule has 0 saturated carbocycles. The number of nitrogens with two attached hydrogens (primary N) is 1. The molecule has 0 spiro atoms. The maximum absolute atomic E-state index is 9.04. The molecule has 0 aliphatic rings. The minimum atomic E-state index is -0.104. The number of hydrogen-bond acceptors (Lipinski definition) is 2. The molecule has 0 fully saturated rings. The molecule has 4 heteroatoms. The molecule has 1 aromatic heterocycles. The van der Waals surface area contributed by atoms with Crippen LogP contribution >= 0.6 is 12.4 Å². The molecule has 3 nitrogen and oxygen atoms in total. The maximum Gasteiger partial charge on any atom is 0.0491 e. The number of aromatic nitrogens is 1. The van der Waals surface area contributed by atoms with Crippen LogP contribution in [0.25, 0.3) is 21.8 Å². The Labute approximate surface area is 130 Å². The second-order valence-corrected chi connectivity index (χ2v) is 5.16. The Morgan fingerprint density at radius 3 is 2.52 bits per heavy atom. The summed E-state index contributed by atoms with van der Waals surface area (Å²) in [6.07, 6.45) is 0.595. The largest absolute Gasteiger partial charge is 0.396 e. The third-order valence-corrected chi connectivity index (χ3v) is 3.98. The molecule has 3 N–H and O–H groups in total. The van der Waals surface area contributed by atoms with Gasteiger partial charge < -0.3 is 15.4 Å². The van der Waals surface area contributed by atoms with E-state index in [-0.39, 0.29) is 25.1 Å². The first-order valence-electron chi connectivity index (χ1n) is 7.13. The second-order valence-electron chi connectivity index (χ2n) is 5.16. The molecule has 0 aliphatic carbocycles. The van der Waals surface area contributed by atoms with Crippen LogP contribution < -0.4 is 5.73 Å². The predicted molar refractivity (Wildman–Crippen MR) is 91.0 cm³/mol. The van der Waals surface area contributed by atoms with E-state index in [1.165, 1.54) is 21.8 Å². The zero-order chi connectivity index (χ0) is 14.1. The van der Waals surface area contributed by atoms with Gasteiger partial charge in [0.2, 0.25) is 0 Å². The van der Waals surface area contributed by atoms with E-state index in [2.05, 4.69) is 54.0 Å². The molecule has 112 valence electrons. The highest BCUT2D eigenvalue weighted by molar-refractivity contribution is 6.08. The first-order valence-corrected chi connectivity index (χ1v) is 7.13. The van der Waals surface area contributed by atoms with Crippen molar-refractivity contribution in [3.05, 3.63) is 48.0 Å². The Kier molecular flexibility index (Phi) is 4.88. The summed E-state index contributed by atoms with van der Waals surface area (Å²) in [5.41, 5.74) is 9.71. The van der Waals surface area contributed by atoms with E-state index >= 15 is 0 Å². The number of halogens is 1. The Bertz CT molecular complexity index is 751. The average molecular weight is 305 g/mol. The second kappa shape index (κ2) is 6.48. The zero-order valence-electron chi connectivity index (χ0n) is 12.1. The molecule has 1 heterocycles. The van der Waals surface area contributed by atoms with Crippen LogP contribution in [0.5, 0.6) is 0 Å². The van der Waals surface area contributed by atoms with E-state index in [1.54, 1.807) is 0 Å². The van der Waals surface area contributed by atoms with Gasteiger partial charge in [-0.15, -0.1) is 12.4 Å². The topological polar surface area (TPSA) is 51.2 Å². The lowest BCUT2D eigenvalue weighted by molar-refractivity contribution is 0.276. The van der Waals surface area contributed by atoms with Gasteiger partial charge >= 0.3 is 0 Å². The van der Waals surface area contributed by atoms with Crippen molar-refractivity contribution in [2.75, 3.05) is 6.61 Å². The standard InChI is InChI=1S/C17H20N2O.ClH/c1-2-19-16-6-4-3-5-13(16)14-11-12(7-8-17(14)19)15(18)9-10-20;/h3-8,11,15,20H,2,9-10,18H2,1H3;1H/t15-;/m0./s1. The van der Waals surface area contributed by atoms with Crippen molar-refractivity contribution in [3.63, 3.8) is 0 Å². The minimum absolute atomic E-state index is 0. The number of aryl methyl sites for hydroxylation is 1. The first-order chi connectivity index (χ1) is 9.76. The number of aliphatic hydroxyl groups excluding tert-OH is 1. The van der Waals surface area contributed by atoms with Crippen molar-refractivity contribution in [2.45, 2.75) is 25.9 Å². The van der Waals surface area contributed by atoms with Gasteiger partial charge in [0.25, 0.3) is 0 Å². The van der Waals surface area contributed by atoms with E-state index in [1.807, 2.05) is 0 Å². The van der Waals surface area contributed by atoms with Gasteiger partial charge in [0.15, 0.2) is 0 Å². The zero-order valence-corrected chi connectivity index (χ0v) is 12.9. The monoisotopic (exact) mass is 304 g/mol. The summed E-state index contributed by atoms with van der Waals surface area (Å²) in [4.78, 5) is 0. The summed E-state index contributed by atoms with van der Waals surface area (Å²) >= 11 is 0. The Morgan fingerprint density at radius 2 is 1.81 bits per heavy atom. The van der Waals surface area contributed by atoms with Crippen LogP contribution in [0.15, 0.2) is 42.5 Å². The van der Waals surface area contributed by atoms with Crippen molar-refractivity contribution in [3.8, 4) is 0 Å². The van der Waals surface area contributed by atoms with Crippen LogP contribution in [-0.2, 0) is 6.54 Å². The number of aliphatic hydroxyl groups is 1. The van der Waals surface area contributed by atoms with Crippen molar-refractivity contribution in [1.29, 1.82) is 0 Å². The Balaban J connectivity index is 0.00000161. The predicted octanol–water partition coefficient (Wildman–Crippen LogP) is 3.62. The molecule has 0 aliphatic heterocycles. The van der Waals surface area contributed by atoms with E-state index < -0.39 is 0 Å². The fourth-order valence-electron chi connectivity index (χ4n) is 2.95. The first kappa shape index (κ1) is 15.8. The van der Waals surface area contributed by atoms with Crippen molar-refractivity contribution in [1.82, 2.24) is 4.57 Å². The van der Waals surface area contributed by atoms with Gasteiger partial charge in [-0.25, -0.2) is 0 Å². The summed E-state index contributed by atoms with van der Waals surface area (Å²) in [7, 11) is 0. The lowest BCUT2D eigenvalue weighted by Gasteiger charge is -2.11. The van der Waals surface area contributed by atoms with Gasteiger partial charge in [0.05, 0.1) is 0 Å². The summed E-state index contributed by atoms with van der Waals surface area (Å²) in [5.74, 6) is 0. The van der Waals surface area contributed by atoms with Crippen LogP contribution in [0.2, 0.25) is 0 Å². The SMILES string of the molecule is CCn1c2ccccc2c2cc([C@@H](N)CCO)ccc21.Cl. The van der Waals surface area contributed by atoms with Gasteiger partial charge in [-0.3, -0.25) is 0 Å². The van der Waals surface area contributed by atoms with Crippen molar-refractivity contribution >= 4 is 34.2 Å². The van der Waals surface area contributed by atoms with Crippen molar-refractivity contribution in [2.24, 2.45) is 5.73 Å². The molecule has 1 atom stereocenters. The number of para-hydroxylation sites is 1. The number of hydrogen-bond donors (Lipinski definition) is 2. The lowest BCUT2D eigenvalue weighted by atomic mass is 10.0. The summed E-state index contributed by atoms with van der Waals surface area (Å²) < 4.78 is 2.33. The van der Waals surface area contributed by atoms with Gasteiger partial charge in [-0.05, 0) is 37.1 Å². The third kappa shape index (κ3) is 2.64. The van der Waals surface area contributed by atoms with Gasteiger partial charge in [-0.2, -0.15) is 0 Å². The fourth-order valence-corrected chi connectivity index (χ4v) is 2.95. The van der Waals surface area contributed by atoms with E-state index in [0.717, 1.165) is 12.1 Å². The highest BCUT2D eigenvalue weighted by atomic mass is 35.5. The third-order valence-electron chi connectivity index (χ3n) is 3.98. The molecule has 2 aromatic carbocycles. The normalized spacial score (nSPS) is 12.5. The van der Waals surface area contributed by atoms with E-state index in [4.69, 9.17) is 10.8 Å². The number of nitrogens with zero attached hydrogens (tertiary/aromatic N) is 1. The fraction of sp³-hybridized carbons (Fsp3) is 0.294. The van der Waals surface area contributed by atoms with Crippen molar-refractivity contribution < 1.29 is 5.11 Å². The van der Waals surface area contributed by atoms with Gasteiger partial charge in [0, 0.05) is 41.0 Å². The molecule has 0 unspecified atom stereocenters. The Morgan fingerprint density at radius 1 is 1.10 bits per heavy atom. The highest BCUT2D eigenvalue weighted by Crippen LogP contribution is 2.31. The quantitative estimate of drug-likeness (QED) is 0.773. The molecule has 3 rings (SSSR count). The molecule has 0 amide bonds. The summed E-state index contributed by atoms with van der Waals surface area (Å²) in [5, 5.41) is 11.6. The van der Waals surface area contributed by atoms with Crippen LogP contribution in [0, 0.1) is 0 Å². The van der Waals surface area contributed by atoms with E-state index in [0.29, 0.717) is 6.42 Å². The van der Waals surface area contributed by atoms with Crippen LogP contribution in [0.4, 0.5) is 0 Å². The highest BCUT2D eigenvalue weighted by Gasteiger charge is 2.12.